The number of nitrogens with zero attached hydrogens (tertiary/aromatic N) is 3. The predicted molar refractivity (Wildman–Crippen MR) is 77.9 cm³/mol. The number of piperidine rings is 1. The number of anilines is 1. The lowest BCUT2D eigenvalue weighted by molar-refractivity contribution is -0.384. The van der Waals surface area contributed by atoms with Crippen LogP contribution in [0.4, 0.5) is 11.5 Å². The summed E-state index contributed by atoms with van der Waals surface area (Å²) in [6, 6.07) is 1.74. The Morgan fingerprint density at radius 1 is 1.57 bits per heavy atom. The van der Waals surface area contributed by atoms with Crippen molar-refractivity contribution in [2.45, 2.75) is 25.8 Å². The van der Waals surface area contributed by atoms with Crippen LogP contribution in [0, 0.1) is 17.0 Å². The third-order valence-electron chi connectivity index (χ3n) is 3.62. The van der Waals surface area contributed by atoms with Crippen LogP contribution in [0.3, 0.4) is 0 Å². The van der Waals surface area contributed by atoms with Crippen molar-refractivity contribution in [3.05, 3.63) is 27.9 Å². The smallest absolute Gasteiger partial charge is 0.314 e. The number of pyridine rings is 1. The van der Waals surface area contributed by atoms with Gasteiger partial charge in [0.15, 0.2) is 0 Å². The monoisotopic (exact) mass is 293 g/mol. The van der Waals surface area contributed by atoms with Crippen molar-refractivity contribution >= 4 is 17.4 Å². The molecule has 1 saturated heterocycles. The number of aryl methyl sites for hydroxylation is 1. The number of rotatable bonds is 5. The molecule has 1 aromatic rings. The Labute approximate surface area is 122 Å². The molecule has 0 radical (unpaired) electrons. The molecule has 114 valence electrons. The van der Waals surface area contributed by atoms with Crippen molar-refractivity contribution in [2.24, 2.45) is 5.73 Å². The number of hydrogen-bond acceptors (Lipinski definition) is 6. The maximum absolute atomic E-state index is 11.1. The fourth-order valence-electron chi connectivity index (χ4n) is 2.54. The minimum atomic E-state index is -0.410. The van der Waals surface area contributed by atoms with E-state index in [0.717, 1.165) is 25.9 Å². The largest absolute Gasteiger partial charge is 0.369 e. The molecule has 1 amide bonds. The predicted octanol–water partition coefficient (Wildman–Crippen LogP) is 0.660. The summed E-state index contributed by atoms with van der Waals surface area (Å²) in [4.78, 5) is 27.7. The maximum Gasteiger partial charge on any atom is 0.314 e. The number of carbonyl (C=O) groups is 1. The van der Waals surface area contributed by atoms with Crippen molar-refractivity contribution in [3.63, 3.8) is 0 Å². The molecule has 0 atom stereocenters. The molecule has 0 aromatic carbocycles. The number of amides is 1. The highest BCUT2D eigenvalue weighted by Gasteiger charge is 2.24. The van der Waals surface area contributed by atoms with Crippen LogP contribution in [-0.2, 0) is 4.79 Å². The molecule has 3 N–H and O–H groups in total. The molecule has 0 aliphatic carbocycles. The van der Waals surface area contributed by atoms with Gasteiger partial charge in [-0.3, -0.25) is 19.8 Å². The summed E-state index contributed by atoms with van der Waals surface area (Å²) in [5.74, 6) is -0.0225. The Morgan fingerprint density at radius 2 is 2.24 bits per heavy atom. The molecule has 0 bridgehead atoms. The second-order valence-corrected chi connectivity index (χ2v) is 5.24. The molecule has 1 aliphatic heterocycles. The highest BCUT2D eigenvalue weighted by molar-refractivity contribution is 5.75. The quantitative estimate of drug-likeness (QED) is 0.609. The average molecular weight is 293 g/mol. The molecule has 8 heteroatoms. The fourth-order valence-corrected chi connectivity index (χ4v) is 2.54. The van der Waals surface area contributed by atoms with E-state index in [1.807, 2.05) is 4.90 Å². The van der Waals surface area contributed by atoms with Crippen LogP contribution in [0.5, 0.6) is 0 Å². The molecule has 21 heavy (non-hydrogen) atoms. The molecule has 2 heterocycles. The first-order valence-electron chi connectivity index (χ1n) is 6.84. The van der Waals surface area contributed by atoms with E-state index >= 15 is 0 Å². The van der Waals surface area contributed by atoms with Gasteiger partial charge < -0.3 is 11.1 Å². The van der Waals surface area contributed by atoms with E-state index in [1.54, 1.807) is 19.2 Å². The summed E-state index contributed by atoms with van der Waals surface area (Å²) in [6.07, 6.45) is 3.15. The Balaban J connectivity index is 1.99. The topological polar surface area (TPSA) is 114 Å². The van der Waals surface area contributed by atoms with Crippen molar-refractivity contribution in [1.29, 1.82) is 0 Å². The minimum Gasteiger partial charge on any atom is -0.369 e. The van der Waals surface area contributed by atoms with Crippen LogP contribution in [-0.4, -0.2) is 46.4 Å². The Hall–Kier alpha value is -2.22. The summed E-state index contributed by atoms with van der Waals surface area (Å²) in [7, 11) is 0. The maximum atomic E-state index is 11.1. The van der Waals surface area contributed by atoms with E-state index < -0.39 is 4.92 Å². The van der Waals surface area contributed by atoms with Crippen LogP contribution in [0.25, 0.3) is 0 Å². The number of hydrogen-bond donors (Lipinski definition) is 2. The minimum absolute atomic E-state index is 0.0251. The number of nitrogens with two attached hydrogens (primary N) is 1. The molecular formula is C13H19N5O3. The zero-order valence-electron chi connectivity index (χ0n) is 11.9. The van der Waals surface area contributed by atoms with Crippen LogP contribution >= 0.6 is 0 Å². The molecule has 1 aliphatic rings. The van der Waals surface area contributed by atoms with Crippen molar-refractivity contribution < 1.29 is 9.72 Å². The molecule has 8 nitrogen and oxygen atoms in total. The van der Waals surface area contributed by atoms with Gasteiger partial charge in [-0.2, -0.15) is 0 Å². The summed E-state index contributed by atoms with van der Waals surface area (Å²) >= 11 is 0. The second-order valence-electron chi connectivity index (χ2n) is 5.24. The van der Waals surface area contributed by atoms with Gasteiger partial charge in [0.2, 0.25) is 11.7 Å². The highest BCUT2D eigenvalue weighted by atomic mass is 16.6. The van der Waals surface area contributed by atoms with Gasteiger partial charge in [0, 0.05) is 30.9 Å². The highest BCUT2D eigenvalue weighted by Crippen LogP contribution is 2.27. The van der Waals surface area contributed by atoms with Gasteiger partial charge in [-0.25, -0.2) is 4.98 Å². The Morgan fingerprint density at radius 3 is 2.81 bits per heavy atom. The summed E-state index contributed by atoms with van der Waals surface area (Å²) < 4.78 is 0. The Bertz CT molecular complexity index is 541. The van der Waals surface area contributed by atoms with Crippen LogP contribution in [0.2, 0.25) is 0 Å². The van der Waals surface area contributed by atoms with E-state index in [4.69, 9.17) is 5.73 Å². The van der Waals surface area contributed by atoms with Crippen LogP contribution in [0.1, 0.15) is 18.4 Å². The van der Waals surface area contributed by atoms with Crippen molar-refractivity contribution in [1.82, 2.24) is 9.88 Å². The van der Waals surface area contributed by atoms with Gasteiger partial charge in [0.05, 0.1) is 11.5 Å². The number of primary amides is 1. The first-order chi connectivity index (χ1) is 9.97. The number of aromatic nitrogens is 1. The lowest BCUT2D eigenvalue weighted by Crippen LogP contribution is -2.43. The number of nitrogens with one attached hydrogen (secondary N) is 1. The van der Waals surface area contributed by atoms with E-state index in [0.29, 0.717) is 11.4 Å². The molecule has 0 spiro atoms. The normalized spacial score (nSPS) is 16.6. The van der Waals surface area contributed by atoms with E-state index in [-0.39, 0.29) is 24.2 Å². The van der Waals surface area contributed by atoms with Crippen molar-refractivity contribution in [3.8, 4) is 0 Å². The van der Waals surface area contributed by atoms with E-state index in [1.165, 1.54) is 0 Å². The zero-order valence-corrected chi connectivity index (χ0v) is 11.9. The standard InChI is InChI=1S/C13H19N5O3/c1-9-2-5-15-13(12(9)18(20)21)16-10-3-6-17(7-4-10)8-11(14)19/h2,5,10H,3-4,6-8H2,1H3,(H2,14,19)(H,15,16). The zero-order chi connectivity index (χ0) is 15.4. The van der Waals surface area contributed by atoms with Gasteiger partial charge in [0.25, 0.3) is 0 Å². The van der Waals surface area contributed by atoms with Gasteiger partial charge in [-0.1, -0.05) is 0 Å². The first kappa shape index (κ1) is 15.2. The molecule has 1 fully saturated rings. The van der Waals surface area contributed by atoms with Gasteiger partial charge in [0.1, 0.15) is 0 Å². The molecule has 0 saturated carbocycles. The number of nitro groups is 1. The van der Waals surface area contributed by atoms with Crippen LogP contribution in [0.15, 0.2) is 12.3 Å². The van der Waals surface area contributed by atoms with E-state index in [2.05, 4.69) is 10.3 Å². The summed E-state index contributed by atoms with van der Waals surface area (Å²) in [5, 5.41) is 14.3. The molecule has 0 unspecified atom stereocenters. The molecule has 2 rings (SSSR count). The lowest BCUT2D eigenvalue weighted by atomic mass is 10.0. The lowest BCUT2D eigenvalue weighted by Gasteiger charge is -2.31. The molecule has 1 aromatic heterocycles. The number of likely N-dealkylation sites (tertiary alicyclic amines) is 1. The molecular weight excluding hydrogens is 274 g/mol. The second kappa shape index (κ2) is 6.49. The van der Waals surface area contributed by atoms with Gasteiger partial charge >= 0.3 is 5.69 Å². The summed E-state index contributed by atoms with van der Waals surface area (Å²) in [6.45, 7) is 3.43. The van der Waals surface area contributed by atoms with Crippen LogP contribution < -0.4 is 11.1 Å². The van der Waals surface area contributed by atoms with Gasteiger partial charge in [-0.15, -0.1) is 0 Å². The SMILES string of the molecule is Cc1ccnc(NC2CCN(CC(N)=O)CC2)c1[N+](=O)[O-]. The summed E-state index contributed by atoms with van der Waals surface area (Å²) in [5.41, 5.74) is 5.78. The third kappa shape index (κ3) is 3.88. The Kier molecular flexibility index (Phi) is 4.69. The van der Waals surface area contributed by atoms with E-state index in [9.17, 15) is 14.9 Å². The van der Waals surface area contributed by atoms with Crippen molar-refractivity contribution in [2.75, 3.05) is 25.0 Å². The van der Waals surface area contributed by atoms with Gasteiger partial charge in [-0.05, 0) is 25.8 Å². The fraction of sp³-hybridized carbons (Fsp3) is 0.538. The first-order valence-corrected chi connectivity index (χ1v) is 6.84. The number of carbonyl (C=O) groups excluding carboxylic acids is 1. The third-order valence-corrected chi connectivity index (χ3v) is 3.62. The average Bonchev–Trinajstić information content (AvgIpc) is 2.40.